The number of rotatable bonds is 2. The van der Waals surface area contributed by atoms with Gasteiger partial charge in [0, 0.05) is 6.42 Å². The van der Waals surface area contributed by atoms with Gasteiger partial charge in [-0.15, -0.1) is 0 Å². The van der Waals surface area contributed by atoms with Crippen LogP contribution >= 0.6 is 0 Å². The Morgan fingerprint density at radius 3 is 2.50 bits per heavy atom. The molecule has 0 rings (SSSR count). The van der Waals surface area contributed by atoms with Crippen LogP contribution in [-0.4, -0.2) is 0 Å². The van der Waals surface area contributed by atoms with Crippen molar-refractivity contribution in [3.8, 4) is 11.8 Å². The van der Waals surface area contributed by atoms with E-state index in [9.17, 15) is 0 Å². The highest BCUT2D eigenvalue weighted by atomic mass is 13.9. The van der Waals surface area contributed by atoms with Gasteiger partial charge in [0.15, 0.2) is 0 Å². The molecule has 0 spiro atoms. The van der Waals surface area contributed by atoms with Gasteiger partial charge in [0.2, 0.25) is 0 Å². The Morgan fingerprint density at radius 2 is 2.10 bits per heavy atom. The van der Waals surface area contributed by atoms with E-state index in [0.717, 1.165) is 17.9 Å². The predicted molar refractivity (Wildman–Crippen MR) is 46.7 cm³/mol. The summed E-state index contributed by atoms with van der Waals surface area (Å²) in [7, 11) is 0. The molecule has 0 aliphatic rings. The van der Waals surface area contributed by atoms with E-state index < -0.39 is 0 Å². The molecule has 0 saturated carbocycles. The van der Waals surface area contributed by atoms with Gasteiger partial charge >= 0.3 is 0 Å². The summed E-state index contributed by atoms with van der Waals surface area (Å²) in [5.74, 6) is 6.79. The Kier molecular flexibility index (Phi) is 4.76. The summed E-state index contributed by atoms with van der Waals surface area (Å²) in [5.41, 5.74) is 0.962. The second-order valence-corrected chi connectivity index (χ2v) is 3.01. The van der Waals surface area contributed by atoms with E-state index in [-0.39, 0.29) is 0 Å². The van der Waals surface area contributed by atoms with Crippen LogP contribution in [0, 0.1) is 17.8 Å². The first-order chi connectivity index (χ1) is 4.63. The van der Waals surface area contributed by atoms with Crippen molar-refractivity contribution in [2.75, 3.05) is 0 Å². The van der Waals surface area contributed by atoms with Crippen LogP contribution in [0.2, 0.25) is 0 Å². The second-order valence-electron chi connectivity index (χ2n) is 3.01. The molecule has 0 bridgehead atoms. The highest BCUT2D eigenvalue weighted by molar-refractivity contribution is 5.22. The predicted octanol–water partition coefficient (Wildman–Crippen LogP) is 3.00. The molecule has 0 fully saturated rings. The van der Waals surface area contributed by atoms with Crippen molar-refractivity contribution in [3.05, 3.63) is 12.2 Å². The molecule has 56 valence electrons. The average Bonchev–Trinajstić information content (AvgIpc) is 1.79. The lowest BCUT2D eigenvalue weighted by Crippen LogP contribution is -1.83. The van der Waals surface area contributed by atoms with Crippen molar-refractivity contribution in [2.24, 2.45) is 5.92 Å². The summed E-state index contributed by atoms with van der Waals surface area (Å²) >= 11 is 0. The third-order valence-electron chi connectivity index (χ3n) is 1.15. The van der Waals surface area contributed by atoms with Gasteiger partial charge in [-0.1, -0.05) is 32.3 Å². The lowest BCUT2D eigenvalue weighted by molar-refractivity contribution is 0.600. The first-order valence-corrected chi connectivity index (χ1v) is 3.77. The Labute approximate surface area is 64.3 Å². The summed E-state index contributed by atoms with van der Waals surface area (Å²) in [6.07, 6.45) is 2.20. The van der Waals surface area contributed by atoms with Crippen molar-refractivity contribution >= 4 is 0 Å². The molecule has 0 saturated heterocycles. The maximum atomic E-state index is 3.70. The van der Waals surface area contributed by atoms with Crippen molar-refractivity contribution < 1.29 is 0 Å². The fourth-order valence-corrected chi connectivity index (χ4v) is 0.574. The van der Waals surface area contributed by atoms with Crippen LogP contribution in [0.15, 0.2) is 12.2 Å². The first kappa shape index (κ1) is 9.30. The molecule has 0 unspecified atom stereocenters. The Hall–Kier alpha value is -0.700. The number of hydrogen-bond acceptors (Lipinski definition) is 0. The van der Waals surface area contributed by atoms with Crippen LogP contribution in [0.1, 0.15) is 33.6 Å². The van der Waals surface area contributed by atoms with Gasteiger partial charge in [-0.05, 0) is 24.8 Å². The van der Waals surface area contributed by atoms with Gasteiger partial charge < -0.3 is 0 Å². The van der Waals surface area contributed by atoms with Gasteiger partial charge in [0.25, 0.3) is 0 Å². The molecule has 10 heavy (non-hydrogen) atoms. The normalized spacial score (nSPS) is 8.80. The minimum absolute atomic E-state index is 0.763. The zero-order chi connectivity index (χ0) is 7.98. The van der Waals surface area contributed by atoms with Crippen molar-refractivity contribution in [1.29, 1.82) is 0 Å². The van der Waals surface area contributed by atoms with E-state index in [1.165, 1.54) is 6.42 Å². The molecular weight excluding hydrogens is 120 g/mol. The maximum Gasteiger partial charge on any atom is 0.00947 e. The van der Waals surface area contributed by atoms with E-state index >= 15 is 0 Å². The van der Waals surface area contributed by atoms with E-state index in [4.69, 9.17) is 0 Å². The summed E-state index contributed by atoms with van der Waals surface area (Å²) in [4.78, 5) is 0. The molecular formula is C10H16. The number of hydrogen-bond donors (Lipinski definition) is 0. The first-order valence-electron chi connectivity index (χ1n) is 3.77. The van der Waals surface area contributed by atoms with Gasteiger partial charge in [0.05, 0.1) is 0 Å². The minimum Gasteiger partial charge on any atom is -0.0983 e. The SMILES string of the molecule is C=C(C)C#CCCC(C)C. The molecule has 0 heterocycles. The van der Waals surface area contributed by atoms with Crippen molar-refractivity contribution in [1.82, 2.24) is 0 Å². The molecule has 0 radical (unpaired) electrons. The molecule has 0 heteroatoms. The molecule has 0 aromatic heterocycles. The summed E-state index contributed by atoms with van der Waals surface area (Å²) < 4.78 is 0. The molecule has 0 atom stereocenters. The quantitative estimate of drug-likeness (QED) is 0.512. The van der Waals surface area contributed by atoms with Crippen LogP contribution in [-0.2, 0) is 0 Å². The molecule has 0 aromatic rings. The van der Waals surface area contributed by atoms with Crippen LogP contribution in [0.25, 0.3) is 0 Å². The summed E-state index contributed by atoms with van der Waals surface area (Å²) in [6.45, 7) is 10.1. The monoisotopic (exact) mass is 136 g/mol. The molecule has 0 N–H and O–H groups in total. The van der Waals surface area contributed by atoms with E-state index in [1.54, 1.807) is 0 Å². The Morgan fingerprint density at radius 1 is 1.50 bits per heavy atom. The fraction of sp³-hybridized carbons (Fsp3) is 0.600. The molecule has 0 aliphatic heterocycles. The topological polar surface area (TPSA) is 0 Å². The van der Waals surface area contributed by atoms with E-state index in [1.807, 2.05) is 6.92 Å². The van der Waals surface area contributed by atoms with Gasteiger partial charge in [-0.2, -0.15) is 0 Å². The smallest absolute Gasteiger partial charge is 0.00947 e. The van der Waals surface area contributed by atoms with Gasteiger partial charge in [-0.25, -0.2) is 0 Å². The van der Waals surface area contributed by atoms with Crippen molar-refractivity contribution in [3.63, 3.8) is 0 Å². The molecule has 0 amide bonds. The average molecular weight is 136 g/mol. The largest absolute Gasteiger partial charge is 0.0983 e. The van der Waals surface area contributed by atoms with Crippen LogP contribution in [0.5, 0.6) is 0 Å². The lowest BCUT2D eigenvalue weighted by atomic mass is 10.1. The zero-order valence-electron chi connectivity index (χ0n) is 7.20. The third kappa shape index (κ3) is 7.30. The Balaban J connectivity index is 3.38. The standard InChI is InChI=1S/C10H16/c1-9(2)7-5-6-8-10(3)4/h10H,1,6,8H2,2-4H3. The molecule has 0 aromatic carbocycles. The van der Waals surface area contributed by atoms with Crippen LogP contribution < -0.4 is 0 Å². The lowest BCUT2D eigenvalue weighted by Gasteiger charge is -1.96. The molecule has 0 aliphatic carbocycles. The highest BCUT2D eigenvalue weighted by Gasteiger charge is 1.88. The summed E-state index contributed by atoms with van der Waals surface area (Å²) in [6, 6.07) is 0. The maximum absolute atomic E-state index is 3.70. The molecule has 0 nitrogen and oxygen atoms in total. The van der Waals surface area contributed by atoms with Crippen LogP contribution in [0.3, 0.4) is 0 Å². The number of allylic oxidation sites excluding steroid dienone is 1. The van der Waals surface area contributed by atoms with Gasteiger partial charge in [-0.3, -0.25) is 0 Å². The zero-order valence-corrected chi connectivity index (χ0v) is 7.20. The van der Waals surface area contributed by atoms with Gasteiger partial charge in [0.1, 0.15) is 0 Å². The van der Waals surface area contributed by atoms with Crippen LogP contribution in [0.4, 0.5) is 0 Å². The fourth-order valence-electron chi connectivity index (χ4n) is 0.574. The van der Waals surface area contributed by atoms with E-state index in [0.29, 0.717) is 0 Å². The third-order valence-corrected chi connectivity index (χ3v) is 1.15. The van der Waals surface area contributed by atoms with E-state index in [2.05, 4.69) is 32.3 Å². The Bertz CT molecular complexity index is 153. The van der Waals surface area contributed by atoms with Crippen molar-refractivity contribution in [2.45, 2.75) is 33.6 Å². The minimum atomic E-state index is 0.763. The summed E-state index contributed by atoms with van der Waals surface area (Å²) in [5, 5.41) is 0. The second kappa shape index (κ2) is 5.11. The highest BCUT2D eigenvalue weighted by Crippen LogP contribution is 2.01.